The highest BCUT2D eigenvalue weighted by Crippen LogP contribution is 2.22. The van der Waals surface area contributed by atoms with Crippen LogP contribution in [0.2, 0.25) is 0 Å². The van der Waals surface area contributed by atoms with E-state index in [0.29, 0.717) is 23.7 Å². The number of methoxy groups -OCH3 is 2. The molecular formula is C29H33N5O5. The van der Waals surface area contributed by atoms with E-state index in [9.17, 15) is 14.4 Å². The molecule has 1 heterocycles. The van der Waals surface area contributed by atoms with Crippen molar-refractivity contribution in [3.63, 3.8) is 0 Å². The van der Waals surface area contributed by atoms with E-state index in [1.54, 1.807) is 56.7 Å². The van der Waals surface area contributed by atoms with Crippen LogP contribution in [0.3, 0.4) is 0 Å². The van der Waals surface area contributed by atoms with Gasteiger partial charge < -0.3 is 30.7 Å². The number of nitrogens with two attached hydrogens (primary N) is 1. The van der Waals surface area contributed by atoms with Crippen LogP contribution >= 0.6 is 0 Å². The minimum atomic E-state index is -1.11. The highest BCUT2D eigenvalue weighted by atomic mass is 16.5. The quantitative estimate of drug-likeness (QED) is 0.390. The van der Waals surface area contributed by atoms with E-state index in [1.165, 1.54) is 9.80 Å². The van der Waals surface area contributed by atoms with E-state index in [0.717, 1.165) is 16.7 Å². The first-order valence-electron chi connectivity index (χ1n) is 12.6. The third-order valence-electron chi connectivity index (χ3n) is 6.51. The lowest BCUT2D eigenvalue weighted by atomic mass is 10.1. The van der Waals surface area contributed by atoms with Gasteiger partial charge >= 0.3 is 6.03 Å². The van der Waals surface area contributed by atoms with Crippen LogP contribution in [0.5, 0.6) is 11.5 Å². The van der Waals surface area contributed by atoms with Crippen molar-refractivity contribution >= 4 is 23.5 Å². The smallest absolute Gasteiger partial charge is 0.323 e. The predicted molar refractivity (Wildman–Crippen MR) is 147 cm³/mol. The molecule has 0 aliphatic carbocycles. The van der Waals surface area contributed by atoms with Crippen LogP contribution in [0.1, 0.15) is 16.7 Å². The standard InChI is InChI=1S/C29H33N5O5/c1-38-24-11-9-23(10-12-24)32-29(37)34-14-13-33(26(35)17-20-5-4-8-25(16-20)39-2)28(34)27(36)31-19-22-7-3-6-21(15-22)18-30/h3-12,15-16,28H,13-14,17-19,30H2,1-2H3,(H,31,36)(H,32,37). The topological polar surface area (TPSA) is 126 Å². The van der Waals surface area contributed by atoms with Crippen molar-refractivity contribution in [2.45, 2.75) is 25.7 Å². The maximum atomic E-state index is 13.5. The number of anilines is 1. The van der Waals surface area contributed by atoms with E-state index in [1.807, 2.05) is 30.3 Å². The van der Waals surface area contributed by atoms with Gasteiger partial charge in [-0.2, -0.15) is 0 Å². The molecule has 3 aromatic carbocycles. The number of nitrogens with one attached hydrogen (secondary N) is 2. The summed E-state index contributed by atoms with van der Waals surface area (Å²) in [6, 6.07) is 21.2. The molecule has 1 aliphatic rings. The predicted octanol–water partition coefficient (Wildman–Crippen LogP) is 2.72. The molecule has 4 N–H and O–H groups in total. The second-order valence-electron chi connectivity index (χ2n) is 9.08. The first-order valence-corrected chi connectivity index (χ1v) is 12.6. The molecule has 0 aromatic heterocycles. The van der Waals surface area contributed by atoms with Crippen LogP contribution < -0.4 is 25.8 Å². The Kier molecular flexibility index (Phi) is 9.01. The molecule has 1 aliphatic heterocycles. The van der Waals surface area contributed by atoms with E-state index < -0.39 is 18.1 Å². The monoisotopic (exact) mass is 531 g/mol. The molecule has 3 aromatic rings. The average molecular weight is 532 g/mol. The molecule has 1 atom stereocenters. The molecule has 0 radical (unpaired) electrons. The summed E-state index contributed by atoms with van der Waals surface area (Å²) >= 11 is 0. The molecule has 4 amide bonds. The number of rotatable bonds is 9. The van der Waals surface area contributed by atoms with Crippen LogP contribution in [0.4, 0.5) is 10.5 Å². The second kappa shape index (κ2) is 12.8. The lowest BCUT2D eigenvalue weighted by molar-refractivity contribution is -0.140. The molecule has 4 rings (SSSR count). The minimum Gasteiger partial charge on any atom is -0.497 e. The first kappa shape index (κ1) is 27.5. The van der Waals surface area contributed by atoms with Crippen molar-refractivity contribution in [3.05, 3.63) is 89.5 Å². The van der Waals surface area contributed by atoms with Crippen LogP contribution in [-0.2, 0) is 29.1 Å². The summed E-state index contributed by atoms with van der Waals surface area (Å²) in [5, 5.41) is 5.71. The van der Waals surface area contributed by atoms with Gasteiger partial charge in [-0.25, -0.2) is 4.79 Å². The van der Waals surface area contributed by atoms with Crippen LogP contribution in [0, 0.1) is 0 Å². The van der Waals surface area contributed by atoms with E-state index in [-0.39, 0.29) is 32.0 Å². The Balaban J connectivity index is 1.52. The fraction of sp³-hybridized carbons (Fsp3) is 0.276. The number of carbonyl (C=O) groups excluding carboxylic acids is 3. The number of urea groups is 1. The summed E-state index contributed by atoms with van der Waals surface area (Å²) in [6.45, 7) is 1.04. The lowest BCUT2D eigenvalue weighted by Gasteiger charge is -2.29. The Labute approximate surface area is 227 Å². The summed E-state index contributed by atoms with van der Waals surface area (Å²) in [7, 11) is 3.12. The number of amides is 4. The third kappa shape index (κ3) is 6.85. The Morgan fingerprint density at radius 1 is 0.846 bits per heavy atom. The van der Waals surface area contributed by atoms with Crippen molar-refractivity contribution in [3.8, 4) is 11.5 Å². The number of hydrogen-bond acceptors (Lipinski definition) is 6. The molecule has 39 heavy (non-hydrogen) atoms. The molecular weight excluding hydrogens is 498 g/mol. The number of benzene rings is 3. The van der Waals surface area contributed by atoms with E-state index in [4.69, 9.17) is 15.2 Å². The van der Waals surface area contributed by atoms with E-state index in [2.05, 4.69) is 10.6 Å². The SMILES string of the molecule is COc1ccc(NC(=O)N2CCN(C(=O)Cc3cccc(OC)c3)C2C(=O)NCc2cccc(CN)c2)cc1. The third-order valence-corrected chi connectivity index (χ3v) is 6.51. The van der Waals surface area contributed by atoms with Crippen molar-refractivity contribution < 1.29 is 23.9 Å². The Morgan fingerprint density at radius 3 is 2.23 bits per heavy atom. The zero-order valence-electron chi connectivity index (χ0n) is 22.1. The van der Waals surface area contributed by atoms with E-state index >= 15 is 0 Å². The molecule has 1 fully saturated rings. The van der Waals surface area contributed by atoms with Gasteiger partial charge in [0.05, 0.1) is 20.6 Å². The summed E-state index contributed by atoms with van der Waals surface area (Å²) in [5.41, 5.74) is 8.84. The highest BCUT2D eigenvalue weighted by Gasteiger charge is 2.42. The van der Waals surface area contributed by atoms with Crippen molar-refractivity contribution in [2.75, 3.05) is 32.6 Å². The Hall–Kier alpha value is -4.57. The fourth-order valence-corrected chi connectivity index (χ4v) is 4.46. The van der Waals surface area contributed by atoms with Gasteiger partial charge in [0.25, 0.3) is 5.91 Å². The van der Waals surface area contributed by atoms with Crippen molar-refractivity contribution in [1.82, 2.24) is 15.1 Å². The highest BCUT2D eigenvalue weighted by molar-refractivity contribution is 5.96. The molecule has 10 nitrogen and oxygen atoms in total. The lowest BCUT2D eigenvalue weighted by Crippen LogP contribution is -2.54. The first-order chi connectivity index (χ1) is 18.9. The number of ether oxygens (including phenoxy) is 2. The maximum absolute atomic E-state index is 13.5. The number of hydrogen-bond donors (Lipinski definition) is 3. The second-order valence-corrected chi connectivity index (χ2v) is 9.08. The van der Waals surface area contributed by atoms with Gasteiger partial charge in [-0.3, -0.25) is 14.5 Å². The van der Waals surface area contributed by atoms with Crippen molar-refractivity contribution in [1.29, 1.82) is 0 Å². The van der Waals surface area contributed by atoms with Gasteiger partial charge in [0.2, 0.25) is 5.91 Å². The largest absolute Gasteiger partial charge is 0.497 e. The van der Waals surface area contributed by atoms with Crippen molar-refractivity contribution in [2.24, 2.45) is 5.73 Å². The molecule has 204 valence electrons. The molecule has 10 heteroatoms. The summed E-state index contributed by atoms with van der Waals surface area (Å²) < 4.78 is 10.4. The van der Waals surface area contributed by atoms with Crippen LogP contribution in [0.15, 0.2) is 72.8 Å². The molecule has 0 saturated carbocycles. The van der Waals surface area contributed by atoms with Gasteiger partial charge in [0.15, 0.2) is 6.17 Å². The molecule has 1 saturated heterocycles. The zero-order chi connectivity index (χ0) is 27.8. The Morgan fingerprint density at radius 2 is 1.51 bits per heavy atom. The van der Waals surface area contributed by atoms with Gasteiger partial charge in [-0.1, -0.05) is 36.4 Å². The maximum Gasteiger partial charge on any atom is 0.323 e. The number of carbonyl (C=O) groups is 3. The molecule has 0 spiro atoms. The van der Waals surface area contributed by atoms with Gasteiger partial charge in [0, 0.05) is 31.9 Å². The minimum absolute atomic E-state index is 0.0630. The van der Waals surface area contributed by atoms with Gasteiger partial charge in [-0.15, -0.1) is 0 Å². The summed E-state index contributed by atoms with van der Waals surface area (Å²) in [5.74, 6) is 0.568. The normalized spacial score (nSPS) is 14.6. The summed E-state index contributed by atoms with van der Waals surface area (Å²) in [4.78, 5) is 43.0. The molecule has 0 bridgehead atoms. The number of nitrogens with zero attached hydrogens (tertiary/aromatic N) is 2. The van der Waals surface area contributed by atoms with Gasteiger partial charge in [-0.05, 0) is 53.1 Å². The average Bonchev–Trinajstić information content (AvgIpc) is 3.42. The van der Waals surface area contributed by atoms with Gasteiger partial charge in [0.1, 0.15) is 11.5 Å². The zero-order valence-corrected chi connectivity index (χ0v) is 22.1. The van der Waals surface area contributed by atoms with Crippen LogP contribution in [-0.4, -0.2) is 61.1 Å². The van der Waals surface area contributed by atoms with Crippen LogP contribution in [0.25, 0.3) is 0 Å². The summed E-state index contributed by atoms with van der Waals surface area (Å²) in [6.07, 6.45) is -1.05. The molecule has 1 unspecified atom stereocenters. The Bertz CT molecular complexity index is 1310. The fourth-order valence-electron chi connectivity index (χ4n) is 4.46.